The highest BCUT2D eigenvalue weighted by atomic mass is 32.2. The minimum atomic E-state index is -5.80. The molecule has 0 aliphatic carbocycles. The van der Waals surface area contributed by atoms with Gasteiger partial charge in [-0.15, -0.1) is 0 Å². The highest BCUT2D eigenvalue weighted by Gasteiger charge is 2.49. The minimum absolute atomic E-state index is 0.0927. The van der Waals surface area contributed by atoms with Crippen LogP contribution in [0.15, 0.2) is 12.1 Å². The Labute approximate surface area is 113 Å². The maximum absolute atomic E-state index is 12.3. The van der Waals surface area contributed by atoms with Crippen molar-refractivity contribution in [2.24, 2.45) is 0 Å². The van der Waals surface area contributed by atoms with Crippen LogP contribution in [0.1, 0.15) is 0 Å². The van der Waals surface area contributed by atoms with Crippen molar-refractivity contribution in [1.29, 1.82) is 0 Å². The number of benzene rings is 1. The molecule has 10 heteroatoms. The summed E-state index contributed by atoms with van der Waals surface area (Å²) in [6, 6.07) is 2.14. The Balaban J connectivity index is 3.34. The number of alkyl halides is 3. The van der Waals surface area contributed by atoms with Gasteiger partial charge in [-0.1, -0.05) is 0 Å². The van der Waals surface area contributed by atoms with Crippen LogP contribution in [0.3, 0.4) is 0 Å². The molecular weight excluding hydrogens is 305 g/mol. The van der Waals surface area contributed by atoms with Crippen LogP contribution in [0.2, 0.25) is 0 Å². The highest BCUT2D eigenvalue weighted by Crippen LogP contribution is 2.45. The molecule has 0 radical (unpaired) electrons. The SMILES string of the molecule is COc1ccc(OS(=O)(=O)C(F)(F)F)c(OC)c1OC. The van der Waals surface area contributed by atoms with E-state index in [0.717, 1.165) is 13.2 Å². The lowest BCUT2D eigenvalue weighted by Gasteiger charge is -2.16. The van der Waals surface area contributed by atoms with E-state index in [4.69, 9.17) is 14.2 Å². The number of hydrogen-bond donors (Lipinski definition) is 0. The Hall–Kier alpha value is -1.84. The first kappa shape index (κ1) is 16.2. The molecule has 0 saturated heterocycles. The summed E-state index contributed by atoms with van der Waals surface area (Å²) < 4.78 is 77.4. The molecule has 0 amide bonds. The van der Waals surface area contributed by atoms with Crippen LogP contribution in [0.25, 0.3) is 0 Å². The fourth-order valence-electron chi connectivity index (χ4n) is 1.30. The first-order valence-electron chi connectivity index (χ1n) is 4.97. The lowest BCUT2D eigenvalue weighted by atomic mass is 10.2. The van der Waals surface area contributed by atoms with E-state index in [-0.39, 0.29) is 17.2 Å². The molecular formula is C10H11F3O6S. The smallest absolute Gasteiger partial charge is 0.493 e. The zero-order valence-electron chi connectivity index (χ0n) is 10.6. The molecule has 0 aliphatic heterocycles. The monoisotopic (exact) mass is 316 g/mol. The maximum Gasteiger partial charge on any atom is 0.534 e. The van der Waals surface area contributed by atoms with Gasteiger partial charge < -0.3 is 18.4 Å². The molecule has 0 aliphatic rings. The van der Waals surface area contributed by atoms with E-state index in [9.17, 15) is 21.6 Å². The van der Waals surface area contributed by atoms with Gasteiger partial charge in [0, 0.05) is 0 Å². The molecule has 20 heavy (non-hydrogen) atoms. The van der Waals surface area contributed by atoms with Gasteiger partial charge in [0.25, 0.3) is 0 Å². The van der Waals surface area contributed by atoms with E-state index < -0.39 is 21.4 Å². The summed E-state index contributed by atoms with van der Waals surface area (Å²) in [7, 11) is -2.18. The van der Waals surface area contributed by atoms with Crippen LogP contribution in [0.4, 0.5) is 13.2 Å². The van der Waals surface area contributed by atoms with Crippen molar-refractivity contribution in [3.05, 3.63) is 12.1 Å². The first-order valence-corrected chi connectivity index (χ1v) is 6.38. The largest absolute Gasteiger partial charge is 0.534 e. The van der Waals surface area contributed by atoms with Crippen LogP contribution in [-0.4, -0.2) is 35.3 Å². The molecule has 0 fully saturated rings. The molecule has 0 bridgehead atoms. The van der Waals surface area contributed by atoms with E-state index in [0.29, 0.717) is 0 Å². The minimum Gasteiger partial charge on any atom is -0.493 e. The van der Waals surface area contributed by atoms with Crippen LogP contribution >= 0.6 is 0 Å². The van der Waals surface area contributed by atoms with E-state index >= 15 is 0 Å². The Morgan fingerprint density at radius 1 is 0.900 bits per heavy atom. The summed E-state index contributed by atoms with van der Waals surface area (Å²) >= 11 is 0. The predicted octanol–water partition coefficient (Wildman–Crippen LogP) is 1.94. The fourth-order valence-corrected chi connectivity index (χ4v) is 1.77. The summed E-state index contributed by atoms with van der Waals surface area (Å²) in [5, 5.41) is 0. The van der Waals surface area contributed by atoms with Gasteiger partial charge in [0.2, 0.25) is 11.5 Å². The Kier molecular flexibility index (Phi) is 4.58. The van der Waals surface area contributed by atoms with Crippen LogP contribution in [0, 0.1) is 0 Å². The number of methoxy groups -OCH3 is 3. The second-order valence-electron chi connectivity index (χ2n) is 3.32. The van der Waals surface area contributed by atoms with Crippen LogP contribution in [-0.2, 0) is 10.1 Å². The number of ether oxygens (including phenoxy) is 3. The van der Waals surface area contributed by atoms with Gasteiger partial charge in [0.1, 0.15) is 0 Å². The summed E-state index contributed by atoms with van der Waals surface area (Å²) in [6.07, 6.45) is 0. The molecule has 0 saturated carbocycles. The molecule has 0 N–H and O–H groups in total. The first-order chi connectivity index (χ1) is 9.17. The van der Waals surface area contributed by atoms with E-state index in [2.05, 4.69) is 4.18 Å². The van der Waals surface area contributed by atoms with Gasteiger partial charge >= 0.3 is 15.6 Å². The summed E-state index contributed by atoms with van der Waals surface area (Å²) in [5.41, 5.74) is -5.55. The highest BCUT2D eigenvalue weighted by molar-refractivity contribution is 7.88. The zero-order valence-corrected chi connectivity index (χ0v) is 11.5. The Morgan fingerprint density at radius 2 is 1.35 bits per heavy atom. The van der Waals surface area contributed by atoms with Crippen molar-refractivity contribution in [3.63, 3.8) is 0 Å². The molecule has 1 rings (SSSR count). The molecule has 0 heterocycles. The van der Waals surface area contributed by atoms with Gasteiger partial charge in [0.05, 0.1) is 21.3 Å². The standard InChI is InChI=1S/C10H11F3O6S/c1-16-6-4-5-7(9(18-3)8(6)17-2)19-20(14,15)10(11,12)13/h4-5H,1-3H3. The van der Waals surface area contributed by atoms with Gasteiger partial charge in [-0.2, -0.15) is 21.6 Å². The lowest BCUT2D eigenvalue weighted by molar-refractivity contribution is -0.0500. The average molecular weight is 316 g/mol. The van der Waals surface area contributed by atoms with Gasteiger partial charge in [-0.25, -0.2) is 0 Å². The second kappa shape index (κ2) is 5.65. The molecule has 0 unspecified atom stereocenters. The third-order valence-electron chi connectivity index (χ3n) is 2.15. The van der Waals surface area contributed by atoms with Crippen molar-refractivity contribution < 1.29 is 40.0 Å². The Morgan fingerprint density at radius 3 is 1.75 bits per heavy atom. The molecule has 1 aromatic rings. The van der Waals surface area contributed by atoms with Crippen molar-refractivity contribution in [1.82, 2.24) is 0 Å². The lowest BCUT2D eigenvalue weighted by Crippen LogP contribution is -2.28. The molecule has 1 aromatic carbocycles. The van der Waals surface area contributed by atoms with Gasteiger partial charge in [0.15, 0.2) is 11.5 Å². The van der Waals surface area contributed by atoms with Crippen molar-refractivity contribution >= 4 is 10.1 Å². The van der Waals surface area contributed by atoms with Crippen LogP contribution in [0.5, 0.6) is 23.0 Å². The normalized spacial score (nSPS) is 11.9. The summed E-state index contributed by atoms with van der Waals surface area (Å²) in [6.45, 7) is 0. The maximum atomic E-state index is 12.3. The molecule has 6 nitrogen and oxygen atoms in total. The number of hydrogen-bond acceptors (Lipinski definition) is 6. The summed E-state index contributed by atoms with van der Waals surface area (Å²) in [4.78, 5) is 0. The summed E-state index contributed by atoms with van der Waals surface area (Å²) in [5.74, 6) is -0.951. The second-order valence-corrected chi connectivity index (χ2v) is 4.85. The van der Waals surface area contributed by atoms with Crippen molar-refractivity contribution in [2.75, 3.05) is 21.3 Å². The fraction of sp³-hybridized carbons (Fsp3) is 0.400. The number of rotatable bonds is 5. The topological polar surface area (TPSA) is 71.1 Å². The van der Waals surface area contributed by atoms with Gasteiger partial charge in [-0.3, -0.25) is 0 Å². The van der Waals surface area contributed by atoms with Crippen molar-refractivity contribution in [2.45, 2.75) is 5.51 Å². The van der Waals surface area contributed by atoms with E-state index in [1.54, 1.807) is 0 Å². The van der Waals surface area contributed by atoms with E-state index in [1.165, 1.54) is 20.3 Å². The third kappa shape index (κ3) is 3.00. The zero-order chi connectivity index (χ0) is 15.6. The third-order valence-corrected chi connectivity index (χ3v) is 3.12. The molecule has 114 valence electrons. The molecule has 0 atom stereocenters. The average Bonchev–Trinajstić information content (AvgIpc) is 2.36. The van der Waals surface area contributed by atoms with Crippen LogP contribution < -0.4 is 18.4 Å². The van der Waals surface area contributed by atoms with Gasteiger partial charge in [-0.05, 0) is 12.1 Å². The molecule has 0 spiro atoms. The quantitative estimate of drug-likeness (QED) is 0.611. The predicted molar refractivity (Wildman–Crippen MR) is 61.7 cm³/mol. The van der Waals surface area contributed by atoms with E-state index in [1.807, 2.05) is 0 Å². The molecule has 0 aromatic heterocycles. The number of halogens is 3. The Bertz CT molecular complexity index is 581. The van der Waals surface area contributed by atoms with Crippen molar-refractivity contribution in [3.8, 4) is 23.0 Å².